The summed E-state index contributed by atoms with van der Waals surface area (Å²) in [5.41, 5.74) is 2.32. The zero-order chi connectivity index (χ0) is 9.97. The van der Waals surface area contributed by atoms with E-state index in [2.05, 4.69) is 11.4 Å². The van der Waals surface area contributed by atoms with E-state index in [4.69, 9.17) is 0 Å². The lowest BCUT2D eigenvalue weighted by atomic mass is 10.2. The lowest BCUT2D eigenvalue weighted by Gasteiger charge is -2.20. The average molecular weight is 210 g/mol. The first kappa shape index (κ1) is 9.68. The van der Waals surface area contributed by atoms with E-state index in [-0.39, 0.29) is 0 Å². The van der Waals surface area contributed by atoms with Crippen LogP contribution >= 0.6 is 0 Å². The number of nitrogens with zero attached hydrogens (tertiary/aromatic N) is 1. The lowest BCUT2D eigenvalue weighted by Crippen LogP contribution is -2.29. The largest absolute Gasteiger partial charge is 0.311 e. The van der Waals surface area contributed by atoms with E-state index < -0.39 is 11.0 Å². The molecular formula is C10H14N2OS. The second kappa shape index (κ2) is 4.11. The summed E-state index contributed by atoms with van der Waals surface area (Å²) in [5.74, 6) is 0. The van der Waals surface area contributed by atoms with Crippen molar-refractivity contribution in [3.05, 3.63) is 29.8 Å². The maximum absolute atomic E-state index is 11.5. The van der Waals surface area contributed by atoms with Crippen LogP contribution in [-0.2, 0) is 17.5 Å². The van der Waals surface area contributed by atoms with Crippen LogP contribution in [0.25, 0.3) is 0 Å². The second-order valence-corrected chi connectivity index (χ2v) is 4.62. The standard InChI is InChI=1S/C10H14N2OS/c1-14(13)12-7-6-11-8-9-4-2-3-5-10(9)12/h2-5,11H,6-8H2,1H3. The molecule has 1 aliphatic heterocycles. The smallest absolute Gasteiger partial charge is 0.116 e. The molecule has 4 heteroatoms. The zero-order valence-corrected chi connectivity index (χ0v) is 9.01. The highest BCUT2D eigenvalue weighted by atomic mass is 32.2. The molecule has 0 amide bonds. The van der Waals surface area contributed by atoms with Crippen LogP contribution in [0.4, 0.5) is 5.69 Å². The molecule has 1 N–H and O–H groups in total. The Labute approximate surface area is 86.7 Å². The number of nitrogens with one attached hydrogen (secondary N) is 1. The molecule has 76 valence electrons. The first-order chi connectivity index (χ1) is 6.79. The van der Waals surface area contributed by atoms with Gasteiger partial charge in [-0.1, -0.05) is 18.2 Å². The fraction of sp³-hybridized carbons (Fsp3) is 0.400. The van der Waals surface area contributed by atoms with Crippen molar-refractivity contribution in [3.8, 4) is 0 Å². The summed E-state index contributed by atoms with van der Waals surface area (Å²) in [4.78, 5) is 0. The number of para-hydroxylation sites is 1. The third kappa shape index (κ3) is 1.81. The first-order valence-electron chi connectivity index (χ1n) is 4.69. The highest BCUT2D eigenvalue weighted by Crippen LogP contribution is 2.22. The van der Waals surface area contributed by atoms with Gasteiger partial charge in [0, 0.05) is 25.9 Å². The maximum atomic E-state index is 11.5. The molecular weight excluding hydrogens is 196 g/mol. The van der Waals surface area contributed by atoms with E-state index in [0.717, 1.165) is 25.3 Å². The van der Waals surface area contributed by atoms with Gasteiger partial charge < -0.3 is 5.32 Å². The van der Waals surface area contributed by atoms with Gasteiger partial charge >= 0.3 is 0 Å². The molecule has 14 heavy (non-hydrogen) atoms. The van der Waals surface area contributed by atoms with Crippen LogP contribution in [0.2, 0.25) is 0 Å². The molecule has 0 bridgehead atoms. The third-order valence-electron chi connectivity index (χ3n) is 2.38. The molecule has 1 heterocycles. The van der Waals surface area contributed by atoms with Crippen LogP contribution in [0, 0.1) is 0 Å². The molecule has 0 saturated carbocycles. The van der Waals surface area contributed by atoms with Gasteiger partial charge in [-0.15, -0.1) is 0 Å². The number of fused-ring (bicyclic) bond motifs is 1. The summed E-state index contributed by atoms with van der Waals surface area (Å²) in [6.07, 6.45) is 1.72. The van der Waals surface area contributed by atoms with Crippen LogP contribution in [0.3, 0.4) is 0 Å². The zero-order valence-electron chi connectivity index (χ0n) is 8.19. The molecule has 1 aromatic rings. The van der Waals surface area contributed by atoms with Crippen molar-refractivity contribution in [3.63, 3.8) is 0 Å². The van der Waals surface area contributed by atoms with Crippen molar-refractivity contribution in [1.82, 2.24) is 5.32 Å². The summed E-state index contributed by atoms with van der Waals surface area (Å²) in [6.45, 7) is 2.55. The van der Waals surface area contributed by atoms with Crippen molar-refractivity contribution < 1.29 is 4.21 Å². The summed E-state index contributed by atoms with van der Waals surface area (Å²) >= 11 is 0. The quantitative estimate of drug-likeness (QED) is 0.746. The van der Waals surface area contributed by atoms with Gasteiger partial charge in [-0.3, -0.25) is 4.31 Å². The molecule has 3 nitrogen and oxygen atoms in total. The fourth-order valence-electron chi connectivity index (χ4n) is 1.69. The predicted octanol–water partition coefficient (Wildman–Crippen LogP) is 0.890. The van der Waals surface area contributed by atoms with Crippen molar-refractivity contribution in [2.24, 2.45) is 0 Å². The molecule has 0 aromatic heterocycles. The van der Waals surface area contributed by atoms with Gasteiger partial charge in [0.25, 0.3) is 0 Å². The van der Waals surface area contributed by atoms with Crippen LogP contribution in [0.5, 0.6) is 0 Å². The van der Waals surface area contributed by atoms with Crippen molar-refractivity contribution in [2.45, 2.75) is 6.54 Å². The van der Waals surface area contributed by atoms with Gasteiger partial charge in [0.1, 0.15) is 11.0 Å². The molecule has 1 atom stereocenters. The Kier molecular flexibility index (Phi) is 2.84. The molecule has 2 rings (SSSR count). The summed E-state index contributed by atoms with van der Waals surface area (Å²) in [5, 5.41) is 3.31. The molecule has 0 fully saturated rings. The lowest BCUT2D eigenvalue weighted by molar-refractivity contribution is 0.677. The van der Waals surface area contributed by atoms with Gasteiger partial charge in [0.15, 0.2) is 0 Å². The predicted molar refractivity (Wildman–Crippen MR) is 59.6 cm³/mol. The highest BCUT2D eigenvalue weighted by molar-refractivity contribution is 7.85. The molecule has 0 radical (unpaired) electrons. The first-order valence-corrected chi connectivity index (χ1v) is 6.20. The molecule has 1 unspecified atom stereocenters. The molecule has 1 aliphatic rings. The van der Waals surface area contributed by atoms with Crippen molar-refractivity contribution in [1.29, 1.82) is 0 Å². The molecule has 0 spiro atoms. The Balaban J connectivity index is 2.42. The maximum Gasteiger partial charge on any atom is 0.116 e. The van der Waals surface area contributed by atoms with E-state index in [1.165, 1.54) is 5.56 Å². The van der Waals surface area contributed by atoms with Crippen molar-refractivity contribution >= 4 is 16.7 Å². The van der Waals surface area contributed by atoms with Gasteiger partial charge in [0.05, 0.1) is 5.69 Å². The van der Waals surface area contributed by atoms with E-state index in [9.17, 15) is 4.21 Å². The fourth-order valence-corrected chi connectivity index (χ4v) is 2.50. The van der Waals surface area contributed by atoms with Gasteiger partial charge in [-0.2, -0.15) is 0 Å². The van der Waals surface area contributed by atoms with E-state index in [1.807, 2.05) is 22.5 Å². The summed E-state index contributed by atoms with van der Waals surface area (Å²) < 4.78 is 13.5. The Hall–Kier alpha value is -0.870. The van der Waals surface area contributed by atoms with Crippen molar-refractivity contribution in [2.75, 3.05) is 23.7 Å². The van der Waals surface area contributed by atoms with Crippen LogP contribution in [0.1, 0.15) is 5.56 Å². The summed E-state index contributed by atoms with van der Waals surface area (Å²) in [7, 11) is -0.931. The molecule has 0 aliphatic carbocycles. The third-order valence-corrected chi connectivity index (χ3v) is 3.38. The molecule has 0 saturated heterocycles. The Bertz CT molecular complexity index is 354. The number of hydrogen-bond acceptors (Lipinski definition) is 2. The van der Waals surface area contributed by atoms with Crippen LogP contribution in [0.15, 0.2) is 24.3 Å². The van der Waals surface area contributed by atoms with E-state index in [1.54, 1.807) is 6.26 Å². The number of rotatable bonds is 1. The number of benzene rings is 1. The number of anilines is 1. The van der Waals surface area contributed by atoms with Gasteiger partial charge in [-0.25, -0.2) is 4.21 Å². The van der Waals surface area contributed by atoms with Crippen LogP contribution in [-0.4, -0.2) is 23.6 Å². The minimum absolute atomic E-state index is 0.806. The minimum atomic E-state index is -0.931. The topological polar surface area (TPSA) is 32.3 Å². The van der Waals surface area contributed by atoms with Gasteiger partial charge in [0.2, 0.25) is 0 Å². The Morgan fingerprint density at radius 1 is 1.43 bits per heavy atom. The minimum Gasteiger partial charge on any atom is -0.311 e. The average Bonchev–Trinajstić information content (AvgIpc) is 2.39. The van der Waals surface area contributed by atoms with E-state index in [0.29, 0.717) is 0 Å². The second-order valence-electron chi connectivity index (χ2n) is 3.33. The Morgan fingerprint density at radius 3 is 3.00 bits per heavy atom. The summed E-state index contributed by atoms with van der Waals surface area (Å²) in [6, 6.07) is 8.11. The van der Waals surface area contributed by atoms with E-state index >= 15 is 0 Å². The molecule has 1 aromatic carbocycles. The van der Waals surface area contributed by atoms with Crippen LogP contribution < -0.4 is 9.62 Å². The SMILES string of the molecule is CS(=O)N1CCNCc2ccccc21. The monoisotopic (exact) mass is 210 g/mol. The number of hydrogen-bond donors (Lipinski definition) is 1. The highest BCUT2D eigenvalue weighted by Gasteiger charge is 2.16. The van der Waals surface area contributed by atoms with Gasteiger partial charge in [-0.05, 0) is 11.6 Å². The normalized spacial score (nSPS) is 18.5. The Morgan fingerprint density at radius 2 is 2.21 bits per heavy atom.